The van der Waals surface area contributed by atoms with Gasteiger partial charge in [0.05, 0.1) is 10.6 Å². The molecule has 0 unspecified atom stereocenters. The van der Waals surface area contributed by atoms with E-state index in [4.69, 9.17) is 4.42 Å². The maximum Gasteiger partial charge on any atom is 0.257 e. The smallest absolute Gasteiger partial charge is 0.257 e. The molecule has 1 aromatic heterocycles. The van der Waals surface area contributed by atoms with Crippen LogP contribution in [0.25, 0.3) is 11.1 Å². The quantitative estimate of drug-likeness (QED) is 0.634. The normalized spacial score (nSPS) is 15.1. The van der Waals surface area contributed by atoms with Crippen molar-refractivity contribution in [2.24, 2.45) is 0 Å². The minimum absolute atomic E-state index is 0.0266. The third-order valence-corrected chi connectivity index (χ3v) is 7.29. The average Bonchev–Trinajstić information content (AvgIpc) is 3.10. The number of aromatic nitrogens is 1. The Balaban J connectivity index is 1.72. The van der Waals surface area contributed by atoms with E-state index in [-0.39, 0.29) is 16.6 Å². The van der Waals surface area contributed by atoms with Crippen molar-refractivity contribution in [3.63, 3.8) is 0 Å². The Morgan fingerprint density at radius 1 is 1.29 bits per heavy atom. The average molecular weight is 424 g/mol. The predicted molar refractivity (Wildman–Crippen MR) is 110 cm³/mol. The molecule has 1 aliphatic carbocycles. The van der Waals surface area contributed by atoms with Gasteiger partial charge >= 0.3 is 0 Å². The number of carbonyl (C=O) groups excluding carboxylic acids is 1. The number of thioether (sulfide) groups is 1. The lowest BCUT2D eigenvalue weighted by Gasteiger charge is -2.26. The van der Waals surface area contributed by atoms with Crippen LogP contribution in [0.1, 0.15) is 32.6 Å². The maximum atomic E-state index is 12.6. The van der Waals surface area contributed by atoms with Crippen LogP contribution in [0, 0.1) is 0 Å². The van der Waals surface area contributed by atoms with Crippen LogP contribution < -0.4 is 0 Å². The monoisotopic (exact) mass is 423 g/mol. The van der Waals surface area contributed by atoms with E-state index in [1.165, 1.54) is 44.4 Å². The SMILES string of the molecule is CCN(C(=O)CSc1nc2cc(S(=O)(=O)N(C)C)ccc2o1)C1=CCCCC1. The number of hydrogen-bond donors (Lipinski definition) is 0. The minimum atomic E-state index is -3.53. The second kappa shape index (κ2) is 8.67. The van der Waals surface area contributed by atoms with E-state index in [1.54, 1.807) is 6.07 Å². The minimum Gasteiger partial charge on any atom is -0.431 e. The first-order chi connectivity index (χ1) is 13.3. The van der Waals surface area contributed by atoms with Gasteiger partial charge in [-0.05, 0) is 50.8 Å². The lowest BCUT2D eigenvalue weighted by atomic mass is 10.0. The Hall–Kier alpha value is -1.84. The van der Waals surface area contributed by atoms with Crippen molar-refractivity contribution < 1.29 is 17.6 Å². The number of allylic oxidation sites excluding steroid dienone is 2. The molecule has 1 heterocycles. The molecule has 152 valence electrons. The number of hydrogen-bond acceptors (Lipinski definition) is 6. The summed E-state index contributed by atoms with van der Waals surface area (Å²) in [6.07, 6.45) is 6.41. The fourth-order valence-electron chi connectivity index (χ4n) is 3.13. The van der Waals surface area contributed by atoms with Crippen LogP contribution in [0.5, 0.6) is 0 Å². The summed E-state index contributed by atoms with van der Waals surface area (Å²) in [7, 11) is -0.569. The van der Waals surface area contributed by atoms with Crippen LogP contribution in [0.3, 0.4) is 0 Å². The zero-order chi connectivity index (χ0) is 20.3. The van der Waals surface area contributed by atoms with E-state index < -0.39 is 10.0 Å². The van der Waals surface area contributed by atoms with Crippen molar-refractivity contribution in [2.75, 3.05) is 26.4 Å². The second-order valence-corrected chi connectivity index (χ2v) is 9.84. The molecule has 0 aliphatic heterocycles. The third-order valence-electron chi connectivity index (χ3n) is 4.67. The van der Waals surface area contributed by atoms with E-state index >= 15 is 0 Å². The number of amides is 1. The molecular formula is C19H25N3O4S2. The molecule has 28 heavy (non-hydrogen) atoms. The fourth-order valence-corrected chi connectivity index (χ4v) is 4.76. The summed E-state index contributed by atoms with van der Waals surface area (Å²) in [6.45, 7) is 2.62. The molecule has 0 saturated heterocycles. The number of carbonyl (C=O) groups is 1. The highest BCUT2D eigenvalue weighted by Crippen LogP contribution is 2.27. The van der Waals surface area contributed by atoms with Crippen LogP contribution >= 0.6 is 11.8 Å². The van der Waals surface area contributed by atoms with Crippen LogP contribution in [-0.4, -0.2) is 54.9 Å². The highest BCUT2D eigenvalue weighted by molar-refractivity contribution is 7.99. The van der Waals surface area contributed by atoms with Crippen molar-refractivity contribution in [1.82, 2.24) is 14.2 Å². The standard InChI is InChI=1S/C19H25N3O4S2/c1-4-22(14-8-6-5-7-9-14)18(23)13-27-19-20-16-12-15(10-11-17(16)26-19)28(24,25)21(2)3/h8,10-12H,4-7,9,13H2,1-3H3. The Labute approximate surface area is 169 Å². The van der Waals surface area contributed by atoms with Crippen molar-refractivity contribution in [1.29, 1.82) is 0 Å². The highest BCUT2D eigenvalue weighted by Gasteiger charge is 2.21. The number of rotatable bonds is 7. The molecule has 1 amide bonds. The molecule has 0 spiro atoms. The fraction of sp³-hybridized carbons (Fsp3) is 0.474. The van der Waals surface area contributed by atoms with Gasteiger partial charge in [-0.25, -0.2) is 17.7 Å². The number of oxazole rings is 1. The van der Waals surface area contributed by atoms with Crippen molar-refractivity contribution >= 4 is 38.8 Å². The van der Waals surface area contributed by atoms with Crippen LogP contribution in [0.2, 0.25) is 0 Å². The van der Waals surface area contributed by atoms with E-state index in [0.29, 0.717) is 22.9 Å². The van der Waals surface area contributed by atoms with Crippen molar-refractivity contribution in [2.45, 2.75) is 42.7 Å². The van der Waals surface area contributed by atoms with E-state index in [9.17, 15) is 13.2 Å². The number of fused-ring (bicyclic) bond motifs is 1. The molecule has 3 rings (SSSR count). The van der Waals surface area contributed by atoms with E-state index in [0.717, 1.165) is 29.3 Å². The van der Waals surface area contributed by atoms with Gasteiger partial charge in [0, 0.05) is 26.3 Å². The lowest BCUT2D eigenvalue weighted by molar-refractivity contribution is -0.126. The molecule has 7 nitrogen and oxygen atoms in total. The largest absolute Gasteiger partial charge is 0.431 e. The first kappa shape index (κ1) is 20.9. The molecule has 1 aliphatic rings. The molecular weight excluding hydrogens is 398 g/mol. The molecule has 0 atom stereocenters. The molecule has 0 bridgehead atoms. The Morgan fingerprint density at radius 3 is 2.71 bits per heavy atom. The number of nitrogens with zero attached hydrogens (tertiary/aromatic N) is 3. The van der Waals surface area contributed by atoms with Gasteiger partial charge in [-0.1, -0.05) is 17.8 Å². The first-order valence-corrected chi connectivity index (χ1v) is 11.7. The van der Waals surface area contributed by atoms with Gasteiger partial charge in [0.25, 0.3) is 5.22 Å². The predicted octanol–water partition coefficient (Wildman–Crippen LogP) is 3.48. The summed E-state index contributed by atoms with van der Waals surface area (Å²) in [5.41, 5.74) is 2.06. The molecule has 0 N–H and O–H groups in total. The van der Waals surface area contributed by atoms with Crippen LogP contribution in [-0.2, 0) is 14.8 Å². The molecule has 9 heteroatoms. The van der Waals surface area contributed by atoms with Gasteiger partial charge in [-0.2, -0.15) is 0 Å². The van der Waals surface area contributed by atoms with E-state index in [2.05, 4.69) is 11.1 Å². The van der Waals surface area contributed by atoms with E-state index in [1.807, 2.05) is 11.8 Å². The number of sulfonamides is 1. The Morgan fingerprint density at radius 2 is 2.07 bits per heavy atom. The molecule has 1 aromatic carbocycles. The van der Waals surface area contributed by atoms with Crippen molar-refractivity contribution in [3.05, 3.63) is 30.0 Å². The van der Waals surface area contributed by atoms with Gasteiger partial charge in [0.15, 0.2) is 5.58 Å². The summed E-state index contributed by atoms with van der Waals surface area (Å²) < 4.78 is 31.3. The van der Waals surface area contributed by atoms with Crippen molar-refractivity contribution in [3.8, 4) is 0 Å². The highest BCUT2D eigenvalue weighted by atomic mass is 32.2. The Bertz CT molecular complexity index is 996. The van der Waals surface area contributed by atoms with Gasteiger partial charge in [-0.3, -0.25) is 4.79 Å². The summed E-state index contributed by atoms with van der Waals surface area (Å²) in [4.78, 5) is 19.0. The maximum absolute atomic E-state index is 12.6. The molecule has 0 saturated carbocycles. The zero-order valence-electron chi connectivity index (χ0n) is 16.3. The Kier molecular flexibility index (Phi) is 6.47. The van der Waals surface area contributed by atoms with Crippen LogP contribution in [0.15, 0.2) is 44.5 Å². The second-order valence-electron chi connectivity index (χ2n) is 6.76. The summed E-state index contributed by atoms with van der Waals surface area (Å²) in [5.74, 6) is 0.250. The number of benzene rings is 1. The van der Waals surface area contributed by atoms with Gasteiger partial charge < -0.3 is 9.32 Å². The topological polar surface area (TPSA) is 83.7 Å². The van der Waals surface area contributed by atoms with Crippen LogP contribution in [0.4, 0.5) is 0 Å². The summed E-state index contributed by atoms with van der Waals surface area (Å²) in [5, 5.41) is 0.358. The molecule has 2 aromatic rings. The van der Waals surface area contributed by atoms with Gasteiger partial charge in [-0.15, -0.1) is 0 Å². The summed E-state index contributed by atoms with van der Waals surface area (Å²) >= 11 is 1.23. The van der Waals surface area contributed by atoms with Gasteiger partial charge in [0.1, 0.15) is 5.52 Å². The summed E-state index contributed by atoms with van der Waals surface area (Å²) in [6, 6.07) is 4.58. The molecule has 0 radical (unpaired) electrons. The lowest BCUT2D eigenvalue weighted by Crippen LogP contribution is -2.32. The zero-order valence-corrected chi connectivity index (χ0v) is 18.0. The first-order valence-electron chi connectivity index (χ1n) is 9.28. The third kappa shape index (κ3) is 4.42. The van der Waals surface area contributed by atoms with Gasteiger partial charge in [0.2, 0.25) is 15.9 Å². The molecule has 0 fully saturated rings.